The van der Waals surface area contributed by atoms with Gasteiger partial charge in [0.15, 0.2) is 0 Å². The van der Waals surface area contributed by atoms with Gasteiger partial charge in [0.2, 0.25) is 0 Å². The van der Waals surface area contributed by atoms with E-state index in [1.807, 2.05) is 0 Å². The van der Waals surface area contributed by atoms with Crippen molar-refractivity contribution in [2.75, 3.05) is 0 Å². The fourth-order valence-corrected chi connectivity index (χ4v) is 2.05. The monoisotopic (exact) mass is 194 g/mol. The van der Waals surface area contributed by atoms with Crippen molar-refractivity contribution in [1.29, 1.82) is 0 Å². The van der Waals surface area contributed by atoms with Gasteiger partial charge in [-0.25, -0.2) is 4.98 Å². The highest BCUT2D eigenvalue weighted by molar-refractivity contribution is 5.17. The second-order valence-electron chi connectivity index (χ2n) is 4.75. The second-order valence-corrected chi connectivity index (χ2v) is 4.75. The van der Waals surface area contributed by atoms with E-state index in [4.69, 9.17) is 0 Å². The molecule has 1 heterocycles. The Balaban J connectivity index is 3.11. The van der Waals surface area contributed by atoms with Crippen molar-refractivity contribution < 1.29 is 0 Å². The zero-order chi connectivity index (χ0) is 10.9. The van der Waals surface area contributed by atoms with Crippen LogP contribution in [0.3, 0.4) is 0 Å². The third-order valence-corrected chi connectivity index (χ3v) is 2.50. The largest absolute Gasteiger partial charge is 0.329 e. The Morgan fingerprint density at radius 1 is 1.14 bits per heavy atom. The molecule has 0 saturated carbocycles. The molecule has 0 atom stereocenters. The number of rotatable bonds is 3. The van der Waals surface area contributed by atoms with Gasteiger partial charge in [-0.2, -0.15) is 0 Å². The van der Waals surface area contributed by atoms with Crippen LogP contribution in [-0.2, 0) is 6.42 Å². The molecular weight excluding hydrogens is 172 g/mol. The molecule has 0 bridgehead atoms. The lowest BCUT2D eigenvalue weighted by Crippen LogP contribution is -2.10. The Bertz CT molecular complexity index is 308. The summed E-state index contributed by atoms with van der Waals surface area (Å²) in [4.78, 5) is 4.55. The van der Waals surface area contributed by atoms with E-state index in [0.29, 0.717) is 12.0 Å². The summed E-state index contributed by atoms with van der Waals surface area (Å²) in [6.45, 7) is 13.2. The topological polar surface area (TPSA) is 17.8 Å². The van der Waals surface area contributed by atoms with Crippen LogP contribution in [0.15, 0.2) is 0 Å². The lowest BCUT2D eigenvalue weighted by molar-refractivity contribution is 0.527. The molecule has 0 aromatic carbocycles. The molecule has 80 valence electrons. The van der Waals surface area contributed by atoms with Gasteiger partial charge in [-0.3, -0.25) is 0 Å². The van der Waals surface area contributed by atoms with Crippen molar-refractivity contribution in [3.63, 3.8) is 0 Å². The lowest BCUT2D eigenvalue weighted by atomic mass is 10.1. The van der Waals surface area contributed by atoms with Crippen molar-refractivity contribution in [3.05, 3.63) is 17.2 Å². The maximum Gasteiger partial charge on any atom is 0.106 e. The molecule has 0 unspecified atom stereocenters. The van der Waals surface area contributed by atoms with Crippen LogP contribution in [0.1, 0.15) is 50.9 Å². The summed E-state index contributed by atoms with van der Waals surface area (Å²) in [6, 6.07) is 0.518. The molecule has 0 aliphatic carbocycles. The number of hydrogen-bond donors (Lipinski definition) is 0. The number of aromatic nitrogens is 2. The van der Waals surface area contributed by atoms with Gasteiger partial charge >= 0.3 is 0 Å². The highest BCUT2D eigenvalue weighted by Gasteiger charge is 2.14. The van der Waals surface area contributed by atoms with Crippen molar-refractivity contribution in [2.24, 2.45) is 5.92 Å². The summed E-state index contributed by atoms with van der Waals surface area (Å²) in [5.74, 6) is 1.84. The van der Waals surface area contributed by atoms with Crippen molar-refractivity contribution >= 4 is 0 Å². The van der Waals surface area contributed by atoms with E-state index in [1.54, 1.807) is 0 Å². The fourth-order valence-electron chi connectivity index (χ4n) is 2.05. The van der Waals surface area contributed by atoms with E-state index in [1.165, 1.54) is 11.4 Å². The molecule has 0 spiro atoms. The molecule has 0 fully saturated rings. The minimum absolute atomic E-state index is 0.518. The summed E-state index contributed by atoms with van der Waals surface area (Å²) >= 11 is 0. The molecule has 0 saturated heterocycles. The van der Waals surface area contributed by atoms with Crippen LogP contribution in [0.4, 0.5) is 0 Å². The molecule has 1 aromatic rings. The predicted molar refractivity (Wildman–Crippen MR) is 60.6 cm³/mol. The SMILES string of the molecule is Cc1nc(C)n(C(C)C)c1CC(C)C. The van der Waals surface area contributed by atoms with Crippen LogP contribution in [0.2, 0.25) is 0 Å². The van der Waals surface area contributed by atoms with Crippen molar-refractivity contribution in [3.8, 4) is 0 Å². The molecule has 0 aliphatic heterocycles. The first-order valence-electron chi connectivity index (χ1n) is 5.47. The van der Waals surface area contributed by atoms with E-state index >= 15 is 0 Å². The summed E-state index contributed by atoms with van der Waals surface area (Å²) in [5.41, 5.74) is 2.61. The second kappa shape index (κ2) is 4.16. The van der Waals surface area contributed by atoms with Gasteiger partial charge in [0, 0.05) is 11.7 Å². The van der Waals surface area contributed by atoms with E-state index in [0.717, 1.165) is 12.2 Å². The Morgan fingerprint density at radius 3 is 2.14 bits per heavy atom. The molecule has 0 aliphatic rings. The van der Waals surface area contributed by atoms with Crippen LogP contribution < -0.4 is 0 Å². The first-order valence-corrected chi connectivity index (χ1v) is 5.47. The van der Waals surface area contributed by atoms with E-state index in [-0.39, 0.29) is 0 Å². The molecule has 0 amide bonds. The third-order valence-electron chi connectivity index (χ3n) is 2.50. The van der Waals surface area contributed by atoms with Crippen LogP contribution in [-0.4, -0.2) is 9.55 Å². The summed E-state index contributed by atoms with van der Waals surface area (Å²) in [7, 11) is 0. The fraction of sp³-hybridized carbons (Fsp3) is 0.750. The Kier molecular flexibility index (Phi) is 3.35. The van der Waals surface area contributed by atoms with Gasteiger partial charge in [0.25, 0.3) is 0 Å². The molecule has 2 heteroatoms. The van der Waals surface area contributed by atoms with Gasteiger partial charge < -0.3 is 4.57 Å². The van der Waals surface area contributed by atoms with Gasteiger partial charge in [0.1, 0.15) is 5.82 Å². The lowest BCUT2D eigenvalue weighted by Gasteiger charge is -2.15. The summed E-state index contributed by atoms with van der Waals surface area (Å²) in [5, 5.41) is 0. The predicted octanol–water partition coefficient (Wildman–Crippen LogP) is 3.28. The molecule has 14 heavy (non-hydrogen) atoms. The average molecular weight is 194 g/mol. The Hall–Kier alpha value is -0.790. The average Bonchev–Trinajstić information content (AvgIpc) is 2.25. The van der Waals surface area contributed by atoms with Gasteiger partial charge in [-0.1, -0.05) is 13.8 Å². The quantitative estimate of drug-likeness (QED) is 0.722. The van der Waals surface area contributed by atoms with Gasteiger partial charge in [0.05, 0.1) is 5.69 Å². The number of hydrogen-bond acceptors (Lipinski definition) is 1. The molecule has 1 aromatic heterocycles. The first-order chi connectivity index (χ1) is 6.43. The maximum absolute atomic E-state index is 4.55. The highest BCUT2D eigenvalue weighted by atomic mass is 15.1. The highest BCUT2D eigenvalue weighted by Crippen LogP contribution is 2.19. The maximum atomic E-state index is 4.55. The molecule has 0 radical (unpaired) electrons. The van der Waals surface area contributed by atoms with Gasteiger partial charge in [-0.15, -0.1) is 0 Å². The first kappa shape index (κ1) is 11.3. The summed E-state index contributed by atoms with van der Waals surface area (Å²) < 4.78 is 2.36. The third kappa shape index (κ3) is 2.17. The minimum Gasteiger partial charge on any atom is -0.329 e. The molecule has 1 rings (SSSR count). The van der Waals surface area contributed by atoms with Crippen LogP contribution in [0, 0.1) is 19.8 Å². The van der Waals surface area contributed by atoms with Gasteiger partial charge in [-0.05, 0) is 40.0 Å². The Labute approximate surface area is 87.4 Å². The zero-order valence-corrected chi connectivity index (χ0v) is 10.3. The van der Waals surface area contributed by atoms with Crippen LogP contribution >= 0.6 is 0 Å². The molecule has 0 N–H and O–H groups in total. The number of imidazole rings is 1. The summed E-state index contributed by atoms with van der Waals surface area (Å²) in [6.07, 6.45) is 1.13. The minimum atomic E-state index is 0.518. The van der Waals surface area contributed by atoms with E-state index in [2.05, 4.69) is 51.1 Å². The molecule has 2 nitrogen and oxygen atoms in total. The van der Waals surface area contributed by atoms with E-state index < -0.39 is 0 Å². The normalized spacial score (nSPS) is 11.7. The molecular formula is C12H22N2. The van der Waals surface area contributed by atoms with E-state index in [9.17, 15) is 0 Å². The van der Waals surface area contributed by atoms with Crippen molar-refractivity contribution in [2.45, 2.75) is 54.0 Å². The smallest absolute Gasteiger partial charge is 0.106 e. The van der Waals surface area contributed by atoms with Crippen LogP contribution in [0.25, 0.3) is 0 Å². The van der Waals surface area contributed by atoms with Crippen molar-refractivity contribution in [1.82, 2.24) is 9.55 Å². The zero-order valence-electron chi connectivity index (χ0n) is 10.3. The van der Waals surface area contributed by atoms with Crippen LogP contribution in [0.5, 0.6) is 0 Å². The standard InChI is InChI=1S/C12H22N2/c1-8(2)7-12-10(5)13-11(6)14(12)9(3)4/h8-9H,7H2,1-6H3. The number of nitrogens with zero attached hydrogens (tertiary/aromatic N) is 2. The Morgan fingerprint density at radius 2 is 1.71 bits per heavy atom. The number of aryl methyl sites for hydroxylation is 2.